The van der Waals surface area contributed by atoms with Crippen LogP contribution in [0.1, 0.15) is 23.6 Å². The molecule has 1 N–H and O–H groups in total. The van der Waals surface area contributed by atoms with Crippen molar-refractivity contribution in [2.24, 2.45) is 9.39 Å². The fourth-order valence-electron chi connectivity index (χ4n) is 3.76. The van der Waals surface area contributed by atoms with E-state index < -0.39 is 5.91 Å². The van der Waals surface area contributed by atoms with Gasteiger partial charge in [-0.2, -0.15) is 9.39 Å². The minimum Gasteiger partial charge on any atom is -0.490 e. The SMILES string of the molecule is CCOc1cc(C=C2C(=N)N3C(SCc4ccccc4)=NSC3=NC2=O)ccc1OCc1ccccc1F. The quantitative estimate of drug-likeness (QED) is 0.263. The highest BCUT2D eigenvalue weighted by Gasteiger charge is 2.37. The Hall–Kier alpha value is -3.89. The molecule has 3 aromatic rings. The van der Waals surface area contributed by atoms with Crippen LogP contribution in [0, 0.1) is 11.2 Å². The van der Waals surface area contributed by atoms with Gasteiger partial charge in [0.25, 0.3) is 5.91 Å². The summed E-state index contributed by atoms with van der Waals surface area (Å²) in [4.78, 5) is 18.6. The molecule has 0 radical (unpaired) electrons. The minimum absolute atomic E-state index is 0.0159. The second-order valence-corrected chi connectivity index (χ2v) is 9.87. The molecule has 0 fully saturated rings. The standard InChI is InChI=1S/C28H23FN4O3S2/c1-2-35-24-15-19(12-13-23(24)36-16-20-10-6-7-11-22(20)29)14-21-25(30)33-27(31-26(21)34)38-32-28(33)37-17-18-8-4-3-5-9-18/h3-15,30H,2,16-17H2,1H3. The molecule has 3 aromatic carbocycles. The van der Waals surface area contributed by atoms with Crippen molar-refractivity contribution >= 4 is 51.9 Å². The number of hydrogen-bond acceptors (Lipinski definition) is 7. The lowest BCUT2D eigenvalue weighted by Gasteiger charge is -2.24. The first-order chi connectivity index (χ1) is 18.5. The largest absolute Gasteiger partial charge is 0.490 e. The van der Waals surface area contributed by atoms with Crippen molar-refractivity contribution in [3.63, 3.8) is 0 Å². The molecule has 0 spiro atoms. The van der Waals surface area contributed by atoms with E-state index in [-0.39, 0.29) is 23.8 Å². The smallest absolute Gasteiger partial charge is 0.283 e. The van der Waals surface area contributed by atoms with Crippen molar-refractivity contribution in [3.8, 4) is 11.5 Å². The van der Waals surface area contributed by atoms with Crippen molar-refractivity contribution in [1.29, 1.82) is 5.41 Å². The van der Waals surface area contributed by atoms with Crippen LogP contribution in [0.4, 0.5) is 4.39 Å². The van der Waals surface area contributed by atoms with Gasteiger partial charge in [0, 0.05) is 11.3 Å². The van der Waals surface area contributed by atoms with Gasteiger partial charge in [-0.25, -0.2) is 9.29 Å². The average Bonchev–Trinajstić information content (AvgIpc) is 3.33. The maximum atomic E-state index is 14.0. The fourth-order valence-corrected chi connectivity index (χ4v) is 5.56. The first-order valence-corrected chi connectivity index (χ1v) is 13.6. The number of nitrogens with one attached hydrogen (secondary N) is 1. The summed E-state index contributed by atoms with van der Waals surface area (Å²) in [5.74, 6) is 0.750. The number of hydrogen-bond donors (Lipinski definition) is 1. The molecule has 0 unspecified atom stereocenters. The molecule has 2 aliphatic rings. The van der Waals surface area contributed by atoms with Gasteiger partial charge in [-0.3, -0.25) is 10.2 Å². The Morgan fingerprint density at radius 1 is 1.05 bits per heavy atom. The molecular formula is C28H23FN4O3S2. The highest BCUT2D eigenvalue weighted by atomic mass is 32.2. The van der Waals surface area contributed by atoms with Gasteiger partial charge in [0.15, 0.2) is 16.7 Å². The Kier molecular flexibility index (Phi) is 7.90. The van der Waals surface area contributed by atoms with E-state index in [9.17, 15) is 9.18 Å². The number of amides is 1. The van der Waals surface area contributed by atoms with Crippen LogP contribution in [-0.2, 0) is 17.2 Å². The Morgan fingerprint density at radius 2 is 1.84 bits per heavy atom. The molecule has 38 heavy (non-hydrogen) atoms. The van der Waals surface area contributed by atoms with E-state index in [1.54, 1.807) is 47.4 Å². The average molecular weight is 547 g/mol. The van der Waals surface area contributed by atoms with Gasteiger partial charge in [0.2, 0.25) is 5.17 Å². The molecule has 10 heteroatoms. The predicted octanol–water partition coefficient (Wildman–Crippen LogP) is 6.31. The molecule has 0 saturated heterocycles. The maximum absolute atomic E-state index is 14.0. The summed E-state index contributed by atoms with van der Waals surface area (Å²) in [5, 5.41) is 9.76. The van der Waals surface area contributed by atoms with Gasteiger partial charge in [-0.05, 0) is 42.3 Å². The van der Waals surface area contributed by atoms with Crippen LogP contribution >= 0.6 is 23.7 Å². The Labute approximate surface area is 228 Å². The minimum atomic E-state index is -0.504. The number of halogens is 1. The summed E-state index contributed by atoms with van der Waals surface area (Å²) < 4.78 is 30.0. The van der Waals surface area contributed by atoms with Crippen molar-refractivity contribution in [3.05, 3.63) is 101 Å². The summed E-state index contributed by atoms with van der Waals surface area (Å²) in [5.41, 5.74) is 2.35. The number of fused-ring (bicyclic) bond motifs is 1. The van der Waals surface area contributed by atoms with E-state index in [1.165, 1.54) is 17.8 Å². The van der Waals surface area contributed by atoms with E-state index in [2.05, 4.69) is 9.39 Å². The number of carbonyl (C=O) groups is 1. The number of rotatable bonds is 8. The summed E-state index contributed by atoms with van der Waals surface area (Å²) in [7, 11) is 0. The lowest BCUT2D eigenvalue weighted by atomic mass is 10.1. The third kappa shape index (κ3) is 5.66. The molecule has 7 nitrogen and oxygen atoms in total. The zero-order chi connectivity index (χ0) is 26.5. The van der Waals surface area contributed by atoms with Crippen LogP contribution in [0.3, 0.4) is 0 Å². The molecule has 0 aliphatic carbocycles. The molecule has 2 aliphatic heterocycles. The summed E-state index contributed by atoms with van der Waals surface area (Å²) >= 11 is 2.58. The number of carbonyl (C=O) groups excluding carboxylic acids is 1. The monoisotopic (exact) mass is 546 g/mol. The van der Waals surface area contributed by atoms with Gasteiger partial charge < -0.3 is 9.47 Å². The van der Waals surface area contributed by atoms with Crippen molar-refractivity contribution in [2.45, 2.75) is 19.3 Å². The Bertz CT molecular complexity index is 1470. The topological polar surface area (TPSA) is 87.3 Å². The zero-order valence-electron chi connectivity index (χ0n) is 20.4. The summed E-state index contributed by atoms with van der Waals surface area (Å²) in [6, 6.07) is 21.6. The lowest BCUT2D eigenvalue weighted by Crippen LogP contribution is -2.41. The lowest BCUT2D eigenvalue weighted by molar-refractivity contribution is -0.114. The van der Waals surface area contributed by atoms with Crippen molar-refractivity contribution < 1.29 is 18.7 Å². The summed E-state index contributed by atoms with van der Waals surface area (Å²) in [6.07, 6.45) is 1.61. The first-order valence-electron chi connectivity index (χ1n) is 11.8. The van der Waals surface area contributed by atoms with Gasteiger partial charge in [0.05, 0.1) is 24.1 Å². The maximum Gasteiger partial charge on any atom is 0.283 e. The zero-order valence-corrected chi connectivity index (χ0v) is 22.0. The van der Waals surface area contributed by atoms with E-state index in [0.717, 1.165) is 17.5 Å². The van der Waals surface area contributed by atoms with E-state index in [4.69, 9.17) is 14.9 Å². The third-order valence-electron chi connectivity index (χ3n) is 5.62. The number of aliphatic imine (C=N–C) groups is 1. The fraction of sp³-hybridized carbons (Fsp3) is 0.143. The highest BCUT2D eigenvalue weighted by Crippen LogP contribution is 2.34. The summed E-state index contributed by atoms with van der Waals surface area (Å²) in [6.45, 7) is 2.28. The molecule has 1 amide bonds. The van der Waals surface area contributed by atoms with Crippen LogP contribution in [0.5, 0.6) is 11.5 Å². The van der Waals surface area contributed by atoms with E-state index in [1.807, 2.05) is 37.3 Å². The van der Waals surface area contributed by atoms with Crippen LogP contribution in [0.2, 0.25) is 0 Å². The normalized spacial score (nSPS) is 15.8. The molecule has 0 aromatic heterocycles. The molecule has 2 heterocycles. The molecule has 0 bridgehead atoms. The van der Waals surface area contributed by atoms with Crippen LogP contribution in [0.15, 0.2) is 87.8 Å². The molecule has 0 atom stereocenters. The molecule has 0 saturated carbocycles. The van der Waals surface area contributed by atoms with Gasteiger partial charge >= 0.3 is 0 Å². The molecule has 192 valence electrons. The number of benzene rings is 3. The highest BCUT2D eigenvalue weighted by molar-refractivity contribution is 8.18. The van der Waals surface area contributed by atoms with Gasteiger partial charge in [0.1, 0.15) is 18.3 Å². The first kappa shape index (κ1) is 25.7. The van der Waals surface area contributed by atoms with Crippen molar-refractivity contribution in [1.82, 2.24) is 4.90 Å². The number of ether oxygens (including phenoxy) is 2. The van der Waals surface area contributed by atoms with Gasteiger partial charge in [-0.15, -0.1) is 0 Å². The Balaban J connectivity index is 1.35. The van der Waals surface area contributed by atoms with Crippen LogP contribution < -0.4 is 9.47 Å². The number of thioether (sulfide) groups is 1. The van der Waals surface area contributed by atoms with Crippen LogP contribution in [0.25, 0.3) is 6.08 Å². The third-order valence-corrected chi connectivity index (χ3v) is 7.45. The van der Waals surface area contributed by atoms with Gasteiger partial charge in [-0.1, -0.05) is 66.4 Å². The van der Waals surface area contributed by atoms with Crippen LogP contribution in [-0.4, -0.2) is 33.6 Å². The van der Waals surface area contributed by atoms with E-state index >= 15 is 0 Å². The second-order valence-electron chi connectivity index (χ2n) is 8.20. The molecular weight excluding hydrogens is 523 g/mol. The van der Waals surface area contributed by atoms with E-state index in [0.29, 0.717) is 45.3 Å². The second kappa shape index (κ2) is 11.7. The molecule has 5 rings (SSSR count). The number of nitrogens with zero attached hydrogens (tertiary/aromatic N) is 3. The Morgan fingerprint density at radius 3 is 2.63 bits per heavy atom. The van der Waals surface area contributed by atoms with Crippen molar-refractivity contribution in [2.75, 3.05) is 6.61 Å². The number of amidine groups is 3. The predicted molar refractivity (Wildman–Crippen MR) is 151 cm³/mol.